The Hall–Kier alpha value is -2.41. The smallest absolute Gasteiger partial charge is 0.319 e. The molecule has 0 saturated heterocycles. The van der Waals surface area contributed by atoms with Gasteiger partial charge in [0.1, 0.15) is 0 Å². The monoisotopic (exact) mass is 341 g/mol. The molecule has 1 N–H and O–H groups in total. The van der Waals surface area contributed by atoms with E-state index in [9.17, 15) is 4.79 Å². The van der Waals surface area contributed by atoms with Crippen LogP contribution in [0.25, 0.3) is 10.2 Å². The van der Waals surface area contributed by atoms with Crippen molar-refractivity contribution in [3.63, 3.8) is 0 Å². The van der Waals surface area contributed by atoms with Crippen molar-refractivity contribution in [2.45, 2.75) is 33.4 Å². The lowest BCUT2D eigenvalue weighted by Gasteiger charge is -2.20. The Morgan fingerprint density at radius 1 is 1.25 bits per heavy atom. The molecule has 2 aromatic heterocycles. The number of benzene rings is 1. The van der Waals surface area contributed by atoms with Crippen LogP contribution in [-0.2, 0) is 13.1 Å². The first-order chi connectivity index (χ1) is 11.6. The molecule has 4 rings (SSSR count). The molecule has 2 amide bonds. The minimum Gasteiger partial charge on any atom is -0.319 e. The first kappa shape index (κ1) is 15.1. The van der Waals surface area contributed by atoms with Crippen LogP contribution in [0, 0.1) is 13.8 Å². The Kier molecular flexibility index (Phi) is 3.72. The van der Waals surface area contributed by atoms with E-state index < -0.39 is 0 Å². The van der Waals surface area contributed by atoms with Gasteiger partial charge in [-0.05, 0) is 44.5 Å². The molecule has 0 radical (unpaired) electrons. The predicted octanol–water partition coefficient (Wildman–Crippen LogP) is 3.55. The number of carbonyl (C=O) groups is 1. The maximum atomic E-state index is 12.6. The number of nitrogens with one attached hydrogen (secondary N) is 1. The van der Waals surface area contributed by atoms with Gasteiger partial charge in [-0.3, -0.25) is 4.68 Å². The molecule has 7 heteroatoms. The van der Waals surface area contributed by atoms with Crippen molar-refractivity contribution in [1.29, 1.82) is 0 Å². The molecule has 0 bridgehead atoms. The van der Waals surface area contributed by atoms with E-state index in [0.717, 1.165) is 51.8 Å². The molecule has 124 valence electrons. The van der Waals surface area contributed by atoms with E-state index >= 15 is 0 Å². The number of rotatable bonds is 1. The zero-order valence-electron chi connectivity index (χ0n) is 13.7. The van der Waals surface area contributed by atoms with Crippen LogP contribution in [-0.4, -0.2) is 32.2 Å². The molecule has 1 aromatic carbocycles. The Bertz CT molecular complexity index is 913. The van der Waals surface area contributed by atoms with Gasteiger partial charge in [0.25, 0.3) is 0 Å². The molecular weight excluding hydrogens is 322 g/mol. The number of nitrogens with zero attached hydrogens (tertiary/aromatic N) is 4. The number of aromatic nitrogens is 3. The second-order valence-electron chi connectivity index (χ2n) is 6.12. The lowest BCUT2D eigenvalue weighted by atomic mass is 10.3. The molecule has 1 aliphatic heterocycles. The lowest BCUT2D eigenvalue weighted by molar-refractivity contribution is 0.210. The van der Waals surface area contributed by atoms with Crippen molar-refractivity contribution < 1.29 is 4.79 Å². The summed E-state index contributed by atoms with van der Waals surface area (Å²) < 4.78 is 3.15. The summed E-state index contributed by atoms with van der Waals surface area (Å²) in [6, 6.07) is 7.85. The normalized spacial score (nSPS) is 14.5. The quantitative estimate of drug-likeness (QED) is 0.736. The Morgan fingerprint density at radius 2 is 2.12 bits per heavy atom. The average molecular weight is 341 g/mol. The van der Waals surface area contributed by atoms with Crippen LogP contribution in [0.2, 0.25) is 0 Å². The van der Waals surface area contributed by atoms with Crippen LogP contribution in [0.3, 0.4) is 0 Å². The number of fused-ring (bicyclic) bond motifs is 2. The fraction of sp³-hybridized carbons (Fsp3) is 0.353. The van der Waals surface area contributed by atoms with E-state index in [1.54, 1.807) is 11.3 Å². The summed E-state index contributed by atoms with van der Waals surface area (Å²) in [5, 5.41) is 8.51. The van der Waals surface area contributed by atoms with E-state index in [0.29, 0.717) is 6.54 Å². The van der Waals surface area contributed by atoms with Crippen molar-refractivity contribution in [3.8, 4) is 0 Å². The van der Waals surface area contributed by atoms with Crippen LogP contribution >= 0.6 is 11.3 Å². The number of hydrogen-bond acceptors (Lipinski definition) is 4. The third kappa shape index (κ3) is 2.87. The summed E-state index contributed by atoms with van der Waals surface area (Å²) in [6.45, 7) is 6.15. The van der Waals surface area contributed by atoms with Gasteiger partial charge in [0.15, 0.2) is 0 Å². The van der Waals surface area contributed by atoms with E-state index in [1.165, 1.54) is 0 Å². The number of carbonyl (C=O) groups excluding carboxylic acids is 1. The molecule has 3 aromatic rings. The summed E-state index contributed by atoms with van der Waals surface area (Å²) in [6.07, 6.45) is 0.909. The van der Waals surface area contributed by atoms with Gasteiger partial charge >= 0.3 is 6.03 Å². The zero-order valence-corrected chi connectivity index (χ0v) is 14.6. The third-order valence-corrected chi connectivity index (χ3v) is 5.12. The highest BCUT2D eigenvalue weighted by Crippen LogP contribution is 2.25. The SMILES string of the molecule is Cc1cc2n(n1)CCCN(C(=O)Nc1ccc3sc(C)nc3c1)C2. The fourth-order valence-corrected chi connectivity index (χ4v) is 3.91. The van der Waals surface area contributed by atoms with Crippen molar-refractivity contribution in [2.24, 2.45) is 0 Å². The summed E-state index contributed by atoms with van der Waals surface area (Å²) in [5.41, 5.74) is 3.80. The average Bonchev–Trinajstić information content (AvgIpc) is 3.01. The molecule has 0 spiro atoms. The van der Waals surface area contributed by atoms with E-state index in [4.69, 9.17) is 0 Å². The van der Waals surface area contributed by atoms with Crippen molar-refractivity contribution in [3.05, 3.63) is 40.7 Å². The summed E-state index contributed by atoms with van der Waals surface area (Å²) in [7, 11) is 0. The van der Waals surface area contributed by atoms with Crippen LogP contribution in [0.4, 0.5) is 10.5 Å². The molecule has 1 aliphatic rings. The zero-order chi connectivity index (χ0) is 16.7. The maximum absolute atomic E-state index is 12.6. The highest BCUT2D eigenvalue weighted by molar-refractivity contribution is 7.18. The van der Waals surface area contributed by atoms with E-state index in [1.807, 2.05) is 41.6 Å². The van der Waals surface area contributed by atoms with Gasteiger partial charge in [0.2, 0.25) is 0 Å². The first-order valence-corrected chi connectivity index (χ1v) is 8.86. The molecule has 3 heterocycles. The Morgan fingerprint density at radius 3 is 3.00 bits per heavy atom. The second-order valence-corrected chi connectivity index (χ2v) is 7.36. The number of thiazole rings is 1. The number of aryl methyl sites for hydroxylation is 3. The number of urea groups is 1. The van der Waals surface area contributed by atoms with Gasteiger partial charge in [-0.2, -0.15) is 5.10 Å². The number of hydrogen-bond donors (Lipinski definition) is 1. The minimum absolute atomic E-state index is 0.0754. The number of anilines is 1. The van der Waals surface area contributed by atoms with Crippen molar-refractivity contribution in [2.75, 3.05) is 11.9 Å². The molecule has 0 atom stereocenters. The largest absolute Gasteiger partial charge is 0.322 e. The van der Waals surface area contributed by atoms with Gasteiger partial charge in [-0.15, -0.1) is 11.3 Å². The van der Waals surface area contributed by atoms with Gasteiger partial charge in [0, 0.05) is 18.8 Å². The van der Waals surface area contributed by atoms with Crippen molar-refractivity contribution in [1.82, 2.24) is 19.7 Å². The number of amides is 2. The summed E-state index contributed by atoms with van der Waals surface area (Å²) >= 11 is 1.66. The molecule has 24 heavy (non-hydrogen) atoms. The van der Waals surface area contributed by atoms with Gasteiger partial charge in [0.05, 0.1) is 33.2 Å². The predicted molar refractivity (Wildman–Crippen MR) is 95.4 cm³/mol. The van der Waals surface area contributed by atoms with Crippen LogP contribution in [0.5, 0.6) is 0 Å². The highest BCUT2D eigenvalue weighted by atomic mass is 32.1. The molecule has 0 aliphatic carbocycles. The minimum atomic E-state index is -0.0754. The topological polar surface area (TPSA) is 63.1 Å². The second kappa shape index (κ2) is 5.90. The Balaban J connectivity index is 1.52. The molecule has 0 saturated carbocycles. The highest BCUT2D eigenvalue weighted by Gasteiger charge is 2.20. The van der Waals surface area contributed by atoms with Gasteiger partial charge in [-0.25, -0.2) is 9.78 Å². The summed E-state index contributed by atoms with van der Waals surface area (Å²) in [5.74, 6) is 0. The van der Waals surface area contributed by atoms with Gasteiger partial charge in [-0.1, -0.05) is 0 Å². The van der Waals surface area contributed by atoms with E-state index in [2.05, 4.69) is 21.5 Å². The molecule has 0 fully saturated rings. The lowest BCUT2D eigenvalue weighted by Crippen LogP contribution is -2.34. The first-order valence-electron chi connectivity index (χ1n) is 8.05. The van der Waals surface area contributed by atoms with Crippen LogP contribution < -0.4 is 5.32 Å². The summed E-state index contributed by atoms with van der Waals surface area (Å²) in [4.78, 5) is 19.0. The van der Waals surface area contributed by atoms with E-state index in [-0.39, 0.29) is 6.03 Å². The van der Waals surface area contributed by atoms with Crippen LogP contribution in [0.1, 0.15) is 22.8 Å². The molecular formula is C17H19N5OS. The molecule has 0 unspecified atom stereocenters. The third-order valence-electron chi connectivity index (χ3n) is 4.17. The maximum Gasteiger partial charge on any atom is 0.322 e. The van der Waals surface area contributed by atoms with Crippen molar-refractivity contribution >= 4 is 33.3 Å². The standard InChI is InChI=1S/C17H19N5OS/c1-11-8-14-10-21(6-3-7-22(14)20-11)17(23)19-13-4-5-16-15(9-13)18-12(2)24-16/h4-5,8-9H,3,6-7,10H2,1-2H3,(H,19,23). The van der Waals surface area contributed by atoms with Crippen LogP contribution in [0.15, 0.2) is 24.3 Å². The molecule has 6 nitrogen and oxygen atoms in total. The Labute approximate surface area is 144 Å². The fourth-order valence-electron chi connectivity index (χ4n) is 3.10. The van der Waals surface area contributed by atoms with Gasteiger partial charge < -0.3 is 10.2 Å².